The topological polar surface area (TPSA) is 73.3 Å². The molecule has 2 fully saturated rings. The number of carbonyl (C=O) groups excluding carboxylic acids is 1. The molecule has 2 amide bonds. The molecule has 2 heterocycles. The molecular weight excluding hydrogens is 274 g/mol. The van der Waals surface area contributed by atoms with Crippen LogP contribution in [0.2, 0.25) is 0 Å². The largest absolute Gasteiger partial charge is 0.480 e. The van der Waals surface area contributed by atoms with Gasteiger partial charge in [-0.3, -0.25) is 9.69 Å². The lowest BCUT2D eigenvalue weighted by Crippen LogP contribution is -2.59. The smallest absolute Gasteiger partial charge is 0.320 e. The lowest BCUT2D eigenvalue weighted by atomic mass is 10.1. The van der Waals surface area contributed by atoms with Crippen molar-refractivity contribution in [3.63, 3.8) is 0 Å². The monoisotopic (exact) mass is 299 g/mol. The zero-order valence-electron chi connectivity index (χ0n) is 13.0. The van der Waals surface area contributed by atoms with E-state index >= 15 is 0 Å². The first-order valence-electron chi connectivity index (χ1n) is 7.43. The van der Waals surface area contributed by atoms with Crippen LogP contribution in [0.3, 0.4) is 0 Å². The fourth-order valence-electron chi connectivity index (χ4n) is 3.09. The van der Waals surface area contributed by atoms with Crippen molar-refractivity contribution in [2.24, 2.45) is 0 Å². The Labute approximate surface area is 125 Å². The van der Waals surface area contributed by atoms with Crippen molar-refractivity contribution in [2.45, 2.75) is 32.5 Å². The summed E-state index contributed by atoms with van der Waals surface area (Å²) in [6, 6.07) is 0.0354. The molecule has 2 aliphatic rings. The minimum atomic E-state index is -0.821. The summed E-state index contributed by atoms with van der Waals surface area (Å²) < 4.78 is 5.82. The Hall–Kier alpha value is -1.34. The minimum Gasteiger partial charge on any atom is -0.480 e. The molecule has 0 aromatic heterocycles. The van der Waals surface area contributed by atoms with Gasteiger partial charge < -0.3 is 19.6 Å². The number of rotatable bonds is 2. The van der Waals surface area contributed by atoms with Crippen LogP contribution in [0.5, 0.6) is 0 Å². The zero-order valence-corrected chi connectivity index (χ0v) is 13.0. The van der Waals surface area contributed by atoms with E-state index in [0.717, 1.165) is 0 Å². The van der Waals surface area contributed by atoms with Crippen LogP contribution in [0.25, 0.3) is 0 Å². The van der Waals surface area contributed by atoms with Crippen molar-refractivity contribution in [1.82, 2.24) is 14.7 Å². The molecule has 7 nitrogen and oxygen atoms in total. The van der Waals surface area contributed by atoms with Gasteiger partial charge >= 0.3 is 12.0 Å². The molecule has 1 unspecified atom stereocenters. The van der Waals surface area contributed by atoms with Gasteiger partial charge in [-0.05, 0) is 20.8 Å². The van der Waals surface area contributed by atoms with Crippen molar-refractivity contribution in [1.29, 1.82) is 0 Å². The first-order valence-corrected chi connectivity index (χ1v) is 7.43. The second-order valence-corrected chi connectivity index (χ2v) is 6.51. The van der Waals surface area contributed by atoms with Crippen molar-refractivity contribution < 1.29 is 19.4 Å². The van der Waals surface area contributed by atoms with Gasteiger partial charge in [-0.1, -0.05) is 0 Å². The summed E-state index contributed by atoms with van der Waals surface area (Å²) in [7, 11) is 0. The summed E-state index contributed by atoms with van der Waals surface area (Å²) >= 11 is 0. The molecule has 1 atom stereocenters. The normalized spacial score (nSPS) is 26.7. The highest BCUT2D eigenvalue weighted by Crippen LogP contribution is 2.22. The van der Waals surface area contributed by atoms with E-state index in [1.807, 2.05) is 35.5 Å². The number of aliphatic carboxylic acids is 1. The van der Waals surface area contributed by atoms with Gasteiger partial charge in [0.15, 0.2) is 0 Å². The molecule has 0 spiro atoms. The van der Waals surface area contributed by atoms with Crippen molar-refractivity contribution in [3.8, 4) is 0 Å². The summed E-state index contributed by atoms with van der Waals surface area (Å²) in [5.74, 6) is -0.821. The zero-order chi connectivity index (χ0) is 15.6. The summed E-state index contributed by atoms with van der Waals surface area (Å²) in [5, 5.41) is 8.79. The van der Waals surface area contributed by atoms with Gasteiger partial charge in [0.05, 0.1) is 24.8 Å². The number of carbonyl (C=O) groups is 2. The molecule has 2 aliphatic heterocycles. The number of amides is 2. The lowest BCUT2D eigenvalue weighted by Gasteiger charge is -2.44. The highest BCUT2D eigenvalue weighted by molar-refractivity contribution is 5.75. The average molecular weight is 299 g/mol. The molecule has 120 valence electrons. The highest BCUT2D eigenvalue weighted by Gasteiger charge is 2.36. The number of piperazine rings is 1. The molecule has 2 rings (SSSR count). The first kappa shape index (κ1) is 16.0. The maximum atomic E-state index is 12.6. The van der Waals surface area contributed by atoms with Gasteiger partial charge in [0.2, 0.25) is 0 Å². The quantitative estimate of drug-likeness (QED) is 0.794. The number of urea groups is 1. The van der Waals surface area contributed by atoms with E-state index in [0.29, 0.717) is 39.3 Å². The van der Waals surface area contributed by atoms with Crippen LogP contribution in [-0.4, -0.2) is 89.3 Å². The Morgan fingerprint density at radius 3 is 2.33 bits per heavy atom. The molecule has 0 aliphatic carbocycles. The highest BCUT2D eigenvalue weighted by atomic mass is 16.5. The maximum absolute atomic E-state index is 12.6. The predicted molar refractivity (Wildman–Crippen MR) is 77.2 cm³/mol. The van der Waals surface area contributed by atoms with Crippen LogP contribution in [-0.2, 0) is 9.53 Å². The minimum absolute atomic E-state index is 0.0333. The summed E-state index contributed by atoms with van der Waals surface area (Å²) in [4.78, 5) is 28.8. The molecule has 0 bridgehead atoms. The summed E-state index contributed by atoms with van der Waals surface area (Å²) in [6.07, 6.45) is 0.0333. The van der Waals surface area contributed by atoms with Gasteiger partial charge in [-0.15, -0.1) is 0 Å². The van der Waals surface area contributed by atoms with Crippen LogP contribution in [0.4, 0.5) is 4.79 Å². The van der Waals surface area contributed by atoms with E-state index in [2.05, 4.69) is 0 Å². The second kappa shape index (κ2) is 6.19. The van der Waals surface area contributed by atoms with Crippen LogP contribution < -0.4 is 0 Å². The van der Waals surface area contributed by atoms with Crippen LogP contribution >= 0.6 is 0 Å². The summed E-state index contributed by atoms with van der Waals surface area (Å²) in [6.45, 7) is 9.60. The molecule has 0 radical (unpaired) electrons. The van der Waals surface area contributed by atoms with E-state index in [1.54, 1.807) is 0 Å². The van der Waals surface area contributed by atoms with Gasteiger partial charge in [0.1, 0.15) is 0 Å². The summed E-state index contributed by atoms with van der Waals surface area (Å²) in [5.41, 5.74) is -0.321. The van der Waals surface area contributed by atoms with Crippen molar-refractivity contribution in [2.75, 3.05) is 45.8 Å². The molecule has 21 heavy (non-hydrogen) atoms. The Morgan fingerprint density at radius 2 is 1.81 bits per heavy atom. The van der Waals surface area contributed by atoms with Gasteiger partial charge in [-0.2, -0.15) is 0 Å². The number of hydrogen-bond donors (Lipinski definition) is 1. The third-order valence-electron chi connectivity index (χ3n) is 3.84. The van der Waals surface area contributed by atoms with Crippen molar-refractivity contribution >= 4 is 12.0 Å². The third-order valence-corrected chi connectivity index (χ3v) is 3.84. The number of carboxylic acids is 1. The lowest BCUT2D eigenvalue weighted by molar-refractivity contribution is -0.138. The van der Waals surface area contributed by atoms with Crippen LogP contribution in [0, 0.1) is 0 Å². The van der Waals surface area contributed by atoms with E-state index in [1.165, 1.54) is 0 Å². The Morgan fingerprint density at radius 1 is 1.19 bits per heavy atom. The predicted octanol–water partition coefficient (Wildman–Crippen LogP) is 0.308. The fraction of sp³-hybridized carbons (Fsp3) is 0.857. The SMILES string of the molecule is CC1CN(C(=O)N2CCN(CC(=O)O)CC2)CC(C)(C)O1. The van der Waals surface area contributed by atoms with E-state index in [9.17, 15) is 9.59 Å². The number of carboxylic acid groups (broad SMARTS) is 1. The van der Waals surface area contributed by atoms with Crippen LogP contribution in [0.15, 0.2) is 0 Å². The first-order chi connectivity index (χ1) is 9.77. The van der Waals surface area contributed by atoms with Crippen LogP contribution in [0.1, 0.15) is 20.8 Å². The Balaban J connectivity index is 1.88. The number of hydrogen-bond acceptors (Lipinski definition) is 4. The number of morpholine rings is 1. The standard InChI is InChI=1S/C14H25N3O4/c1-11-8-17(10-14(2,3)21-11)13(20)16-6-4-15(5-7-16)9-12(18)19/h11H,4-10H2,1-3H3,(H,18,19). The van der Waals surface area contributed by atoms with E-state index in [4.69, 9.17) is 9.84 Å². The second-order valence-electron chi connectivity index (χ2n) is 6.51. The Bertz CT molecular complexity index is 405. The average Bonchev–Trinajstić information content (AvgIpc) is 2.35. The fourth-order valence-corrected chi connectivity index (χ4v) is 3.09. The third kappa shape index (κ3) is 4.31. The number of nitrogens with zero attached hydrogens (tertiary/aromatic N) is 3. The maximum Gasteiger partial charge on any atom is 0.320 e. The molecule has 0 aromatic carbocycles. The number of ether oxygens (including phenoxy) is 1. The van der Waals surface area contributed by atoms with E-state index in [-0.39, 0.29) is 24.3 Å². The molecule has 0 saturated carbocycles. The molecule has 2 saturated heterocycles. The molecule has 1 N–H and O–H groups in total. The van der Waals surface area contributed by atoms with Gasteiger partial charge in [0, 0.05) is 32.7 Å². The molecule has 7 heteroatoms. The van der Waals surface area contributed by atoms with E-state index < -0.39 is 5.97 Å². The van der Waals surface area contributed by atoms with Gasteiger partial charge in [0.25, 0.3) is 0 Å². The molecule has 0 aromatic rings. The molecular formula is C14H25N3O4. The Kier molecular flexibility index (Phi) is 4.73. The van der Waals surface area contributed by atoms with Crippen molar-refractivity contribution in [3.05, 3.63) is 0 Å². The van der Waals surface area contributed by atoms with Gasteiger partial charge in [-0.25, -0.2) is 4.79 Å².